The van der Waals surface area contributed by atoms with Crippen molar-refractivity contribution in [2.24, 2.45) is 22.7 Å². The van der Waals surface area contributed by atoms with Crippen LogP contribution in [-0.4, -0.2) is 33.6 Å². The van der Waals surface area contributed by atoms with E-state index in [4.69, 9.17) is 9.15 Å². The van der Waals surface area contributed by atoms with Crippen LogP contribution in [0.5, 0.6) is 0 Å². The van der Waals surface area contributed by atoms with Crippen LogP contribution in [0.3, 0.4) is 0 Å². The predicted octanol–water partition coefficient (Wildman–Crippen LogP) is 3.37. The first-order valence-electron chi connectivity index (χ1n) is 11.4. The van der Waals surface area contributed by atoms with Crippen LogP contribution in [0.2, 0.25) is 0 Å². The Morgan fingerprint density at radius 1 is 1.03 bits per heavy atom. The number of hydrogen-bond donors (Lipinski definition) is 2. The van der Waals surface area contributed by atoms with Crippen molar-refractivity contribution in [3.05, 3.63) is 34.4 Å². The Hall–Kier alpha value is -1.17. The fourth-order valence-electron chi connectivity index (χ4n) is 8.73. The van der Waals surface area contributed by atoms with E-state index >= 15 is 0 Å². The Morgan fingerprint density at radius 2 is 1.79 bits per heavy atom. The lowest BCUT2D eigenvalue weighted by molar-refractivity contribution is -0.223. The van der Waals surface area contributed by atoms with Gasteiger partial charge in [-0.2, -0.15) is 0 Å². The molecule has 5 nitrogen and oxygen atoms in total. The molecule has 0 bridgehead atoms. The third kappa shape index (κ3) is 2.10. The molecular weight excluding hydrogens is 368 g/mol. The molecule has 4 saturated carbocycles. The molecule has 4 aliphatic carbocycles. The maximum absolute atomic E-state index is 11.6. The zero-order chi connectivity index (χ0) is 20.2. The van der Waals surface area contributed by atoms with Gasteiger partial charge in [-0.3, -0.25) is 0 Å². The Morgan fingerprint density at radius 3 is 2.55 bits per heavy atom. The van der Waals surface area contributed by atoms with Gasteiger partial charge in [0.05, 0.1) is 24.1 Å². The van der Waals surface area contributed by atoms with Gasteiger partial charge in [0.25, 0.3) is 0 Å². The molecule has 2 unspecified atom stereocenters. The summed E-state index contributed by atoms with van der Waals surface area (Å²) in [5, 5.41) is 21.8. The molecule has 5 heteroatoms. The van der Waals surface area contributed by atoms with Gasteiger partial charge < -0.3 is 19.4 Å². The van der Waals surface area contributed by atoms with Crippen molar-refractivity contribution in [3.8, 4) is 0 Å². The first-order valence-corrected chi connectivity index (χ1v) is 11.4. The molecule has 158 valence electrons. The first kappa shape index (κ1) is 18.6. The highest BCUT2D eigenvalue weighted by atomic mass is 16.6. The van der Waals surface area contributed by atoms with Gasteiger partial charge >= 0.3 is 5.63 Å². The molecule has 0 amide bonds. The lowest BCUT2D eigenvalue weighted by atomic mass is 9.42. The van der Waals surface area contributed by atoms with Crippen molar-refractivity contribution in [1.82, 2.24) is 0 Å². The van der Waals surface area contributed by atoms with Crippen molar-refractivity contribution in [3.63, 3.8) is 0 Å². The smallest absolute Gasteiger partial charge is 0.335 e. The summed E-state index contributed by atoms with van der Waals surface area (Å²) in [6, 6.07) is 3.48. The first-order chi connectivity index (χ1) is 13.7. The van der Waals surface area contributed by atoms with Crippen LogP contribution < -0.4 is 5.63 Å². The third-order valence-corrected chi connectivity index (χ3v) is 10.3. The number of epoxide rings is 1. The van der Waals surface area contributed by atoms with E-state index in [9.17, 15) is 15.0 Å². The molecule has 2 heterocycles. The zero-order valence-corrected chi connectivity index (χ0v) is 17.4. The Kier molecular flexibility index (Phi) is 3.55. The lowest BCUT2D eigenvalue weighted by Crippen LogP contribution is -2.65. The summed E-state index contributed by atoms with van der Waals surface area (Å²) in [6.07, 6.45) is 8.69. The molecule has 1 aromatic heterocycles. The summed E-state index contributed by atoms with van der Waals surface area (Å²) >= 11 is 0. The van der Waals surface area contributed by atoms with E-state index in [1.54, 1.807) is 6.26 Å². The Labute approximate surface area is 171 Å². The number of fused-ring (bicyclic) bond motifs is 3. The quantitative estimate of drug-likeness (QED) is 0.706. The maximum Gasteiger partial charge on any atom is 0.335 e. The summed E-state index contributed by atoms with van der Waals surface area (Å²) in [5.41, 5.74) is -0.118. The van der Waals surface area contributed by atoms with Gasteiger partial charge in [0.2, 0.25) is 0 Å². The third-order valence-electron chi connectivity index (χ3n) is 10.3. The summed E-state index contributed by atoms with van der Waals surface area (Å²) in [4.78, 5) is 11.4. The Bertz CT molecular complexity index is 890. The van der Waals surface area contributed by atoms with Crippen molar-refractivity contribution in [1.29, 1.82) is 0 Å². The van der Waals surface area contributed by atoms with E-state index in [0.717, 1.165) is 50.5 Å². The van der Waals surface area contributed by atoms with E-state index in [0.29, 0.717) is 24.2 Å². The lowest BCUT2D eigenvalue weighted by Gasteiger charge is -2.64. The number of ether oxygens (including phenoxy) is 1. The highest BCUT2D eigenvalue weighted by Gasteiger charge is 2.81. The van der Waals surface area contributed by atoms with E-state index < -0.39 is 5.60 Å². The van der Waals surface area contributed by atoms with Gasteiger partial charge in [-0.05, 0) is 79.7 Å². The summed E-state index contributed by atoms with van der Waals surface area (Å²) < 4.78 is 11.8. The highest BCUT2D eigenvalue weighted by Crippen LogP contribution is 2.78. The van der Waals surface area contributed by atoms with Crippen molar-refractivity contribution < 1.29 is 19.4 Å². The molecule has 1 aromatic rings. The number of hydrogen-bond acceptors (Lipinski definition) is 5. The minimum atomic E-state index is -0.749. The summed E-state index contributed by atoms with van der Waals surface area (Å²) in [5.74, 6) is 1.26. The van der Waals surface area contributed by atoms with Gasteiger partial charge in [-0.15, -0.1) is 0 Å². The molecule has 2 N–H and O–H groups in total. The topological polar surface area (TPSA) is 83.2 Å². The minimum absolute atomic E-state index is 0.0404. The van der Waals surface area contributed by atoms with Crippen LogP contribution in [0.15, 0.2) is 27.6 Å². The van der Waals surface area contributed by atoms with Gasteiger partial charge in [-0.25, -0.2) is 4.79 Å². The van der Waals surface area contributed by atoms with E-state index in [1.165, 1.54) is 6.07 Å². The summed E-state index contributed by atoms with van der Waals surface area (Å²) in [6.45, 7) is 4.67. The van der Waals surface area contributed by atoms with Crippen molar-refractivity contribution in [2.75, 3.05) is 0 Å². The molecule has 5 fully saturated rings. The van der Waals surface area contributed by atoms with Crippen LogP contribution in [0, 0.1) is 22.7 Å². The second-order valence-corrected chi connectivity index (χ2v) is 11.1. The number of rotatable bonds is 1. The molecule has 0 radical (unpaired) electrons. The highest BCUT2D eigenvalue weighted by molar-refractivity contribution is 5.35. The van der Waals surface area contributed by atoms with Crippen LogP contribution in [0.25, 0.3) is 0 Å². The molecule has 1 aliphatic heterocycles. The van der Waals surface area contributed by atoms with E-state index in [2.05, 4.69) is 13.8 Å². The fourth-order valence-corrected chi connectivity index (χ4v) is 8.73. The average Bonchev–Trinajstić information content (AvgIpc) is 3.34. The fraction of sp³-hybridized carbons (Fsp3) is 0.792. The average molecular weight is 401 g/mol. The number of aliphatic hydroxyl groups excluding tert-OH is 1. The van der Waals surface area contributed by atoms with Gasteiger partial charge in [0.15, 0.2) is 0 Å². The molecule has 6 rings (SSSR count). The molecule has 5 aliphatic rings. The second-order valence-electron chi connectivity index (χ2n) is 11.1. The zero-order valence-electron chi connectivity index (χ0n) is 17.4. The molecule has 0 aromatic carbocycles. The summed E-state index contributed by atoms with van der Waals surface area (Å²) in [7, 11) is 0. The van der Waals surface area contributed by atoms with Crippen molar-refractivity contribution >= 4 is 0 Å². The monoisotopic (exact) mass is 400 g/mol. The second kappa shape index (κ2) is 5.54. The minimum Gasteiger partial charge on any atom is -0.431 e. The van der Waals surface area contributed by atoms with Crippen LogP contribution in [0.1, 0.15) is 76.7 Å². The molecule has 29 heavy (non-hydrogen) atoms. The standard InChI is InChI=1S/C24H32O5/c1-21-8-5-15(25)12-23(21,27)10-7-17-16(21)6-9-22(2)18(11-19-24(17,22)29-19)14-3-4-20(26)28-13-14/h3-4,13,15-19,25,27H,5-12H2,1-2H3/t15-,16?,17?,18+,19+,21+,22+,23-,24+/m0/s1. The molecular formula is C24H32O5. The van der Waals surface area contributed by atoms with E-state index in [-0.39, 0.29) is 34.3 Å². The van der Waals surface area contributed by atoms with Crippen LogP contribution in [0.4, 0.5) is 0 Å². The van der Waals surface area contributed by atoms with Crippen LogP contribution >= 0.6 is 0 Å². The molecule has 9 atom stereocenters. The van der Waals surface area contributed by atoms with Crippen molar-refractivity contribution in [2.45, 2.75) is 94.5 Å². The van der Waals surface area contributed by atoms with Gasteiger partial charge in [0, 0.05) is 17.9 Å². The van der Waals surface area contributed by atoms with Gasteiger partial charge in [-0.1, -0.05) is 13.8 Å². The Balaban J connectivity index is 1.37. The maximum atomic E-state index is 11.6. The normalized spacial score (nSPS) is 55.4. The largest absolute Gasteiger partial charge is 0.431 e. The SMILES string of the molecule is C[C@]12CC[C@H](O)C[C@@]1(O)CCC1C2CC[C@]2(C)[C@@H](c3ccc(=O)oc3)C[C@H]3O[C@]132. The van der Waals surface area contributed by atoms with Gasteiger partial charge in [0.1, 0.15) is 5.60 Å². The predicted molar refractivity (Wildman–Crippen MR) is 106 cm³/mol. The number of aliphatic hydroxyl groups is 2. The molecule has 1 spiro atoms. The van der Waals surface area contributed by atoms with Crippen LogP contribution in [-0.2, 0) is 4.74 Å². The molecule has 1 saturated heterocycles. The van der Waals surface area contributed by atoms with E-state index in [1.807, 2.05) is 6.07 Å².